The number of methoxy groups -OCH3 is 8. The number of fused-ring (bicyclic) bond motifs is 6. The molecule has 0 spiro atoms. The number of ether oxygens (including phenoxy) is 24. The predicted molar refractivity (Wildman–Crippen MR) is 587 cm³/mol. The number of rotatable bonds is 74. The van der Waals surface area contributed by atoms with Crippen LogP contribution in [0.2, 0.25) is 0 Å². The van der Waals surface area contributed by atoms with E-state index >= 15 is 0 Å². The standard InChI is InChI=1S/C124H146O24/c1-11-93-13-17-95(18-14-93)25-29-99-33-37-115-117-39-35-101(83-121(117)123(119(115)81-99,89-103-73-107(141-65-57-133-49-41-125-3)85-108(74-103)142-66-58-134-50-42-126-4)90-104-75-109(143-67-59-135-51-43-127-5)86-110(76-104)144-68-60-136-52-44-128-6)31-27-97-21-23-98(24-22-97)28-32-102-36-40-118-116-38-34-100(30-26-96-19-15-94(12-2)16-20-96)82-120(116)124(122(118)84-102,91-105-77-111(145-69-61-137-53-45-129-7)87-112(78-105)146-70-62-138-54-46-130-8)92-106-79-113(147-71-63-139-55-47-131-9)88-114(80-106)148-72-64-140-56-48-132-10/h11-40,73-88H,1-2,41-72,89-92H2,3-10H3/b29-25+,30-26+,31-27+,32-28+. The lowest BCUT2D eigenvalue weighted by molar-refractivity contribution is 0.0532. The van der Waals surface area contributed by atoms with Crippen molar-refractivity contribution in [2.45, 2.75) is 36.5 Å². The Kier molecular flexibility index (Phi) is 47.9. The Morgan fingerprint density at radius 3 is 0.480 bits per heavy atom. The minimum Gasteiger partial charge on any atom is -0.491 e. The van der Waals surface area contributed by atoms with Crippen molar-refractivity contribution in [1.82, 2.24) is 0 Å². The molecule has 0 amide bonds. The zero-order valence-electron chi connectivity index (χ0n) is 87.2. The third-order valence-electron chi connectivity index (χ3n) is 25.2. The largest absolute Gasteiger partial charge is 0.491 e. The highest BCUT2D eigenvalue weighted by atomic mass is 16.6. The average Bonchev–Trinajstić information content (AvgIpc) is 1.56. The molecule has 0 heterocycles. The highest BCUT2D eigenvalue weighted by Crippen LogP contribution is 2.56. The first-order chi connectivity index (χ1) is 72.9. The van der Waals surface area contributed by atoms with Gasteiger partial charge in [-0.25, -0.2) is 0 Å². The van der Waals surface area contributed by atoms with Crippen LogP contribution in [0, 0.1) is 0 Å². The van der Waals surface area contributed by atoms with Gasteiger partial charge in [-0.3, -0.25) is 0 Å². The smallest absolute Gasteiger partial charge is 0.123 e. The van der Waals surface area contributed by atoms with Crippen LogP contribution in [0.4, 0.5) is 0 Å². The van der Waals surface area contributed by atoms with Gasteiger partial charge in [0, 0.05) is 92.0 Å². The van der Waals surface area contributed by atoms with E-state index in [-0.39, 0.29) is 0 Å². The van der Waals surface area contributed by atoms with E-state index < -0.39 is 10.8 Å². The second kappa shape index (κ2) is 62.8. The summed E-state index contributed by atoms with van der Waals surface area (Å²) in [5.74, 6) is 5.07. The molecule has 148 heavy (non-hydrogen) atoms. The molecular weight excluding hydrogens is 1870 g/mol. The predicted octanol–water partition coefficient (Wildman–Crippen LogP) is 21.5. The highest BCUT2D eigenvalue weighted by molar-refractivity contribution is 5.88. The number of hydrogen-bond donors (Lipinski definition) is 0. The van der Waals surface area contributed by atoms with Crippen LogP contribution < -0.4 is 37.9 Å². The first-order valence-corrected chi connectivity index (χ1v) is 50.8. The molecular formula is C124H146O24. The van der Waals surface area contributed by atoms with E-state index in [9.17, 15) is 0 Å². The van der Waals surface area contributed by atoms with Crippen LogP contribution in [0.3, 0.4) is 0 Å². The van der Waals surface area contributed by atoms with Crippen molar-refractivity contribution in [2.24, 2.45) is 0 Å². The fourth-order valence-corrected chi connectivity index (χ4v) is 18.0. The van der Waals surface area contributed by atoms with E-state index in [4.69, 9.17) is 114 Å². The molecule has 11 aromatic rings. The van der Waals surface area contributed by atoms with Gasteiger partial charge < -0.3 is 114 Å². The molecule has 0 atom stereocenters. The summed E-state index contributed by atoms with van der Waals surface area (Å²) in [6.45, 7) is 20.4. The van der Waals surface area contributed by atoms with Crippen molar-refractivity contribution < 1.29 is 114 Å². The maximum Gasteiger partial charge on any atom is 0.123 e. The summed E-state index contributed by atoms with van der Waals surface area (Å²) in [6.07, 6.45) is 23.2. The Labute approximate surface area is 874 Å². The summed E-state index contributed by atoms with van der Waals surface area (Å²) in [6, 6.07) is 77.8. The van der Waals surface area contributed by atoms with Gasteiger partial charge in [0.2, 0.25) is 0 Å². The summed E-state index contributed by atoms with van der Waals surface area (Å²) in [5.41, 5.74) is 21.7. The van der Waals surface area contributed by atoms with Gasteiger partial charge in [0.1, 0.15) is 98.9 Å². The molecule has 2 aliphatic rings. The molecule has 0 radical (unpaired) electrons. The van der Waals surface area contributed by atoms with Crippen molar-refractivity contribution in [1.29, 1.82) is 0 Å². The van der Waals surface area contributed by atoms with Crippen LogP contribution >= 0.6 is 0 Å². The van der Waals surface area contributed by atoms with E-state index in [1.807, 2.05) is 36.4 Å². The first-order valence-electron chi connectivity index (χ1n) is 50.8. The minimum absolute atomic E-state index is 0.294. The molecule has 11 aromatic carbocycles. The van der Waals surface area contributed by atoms with Crippen LogP contribution in [0.5, 0.6) is 46.0 Å². The molecule has 0 aromatic heterocycles. The van der Waals surface area contributed by atoms with Gasteiger partial charge >= 0.3 is 0 Å². The van der Waals surface area contributed by atoms with Crippen LogP contribution in [0.25, 0.3) is 83.0 Å². The molecule has 0 saturated heterocycles. The molecule has 13 rings (SSSR count). The van der Waals surface area contributed by atoms with Crippen molar-refractivity contribution in [3.63, 3.8) is 0 Å². The van der Waals surface area contributed by atoms with Gasteiger partial charge in [0.15, 0.2) is 0 Å². The SMILES string of the molecule is C=Cc1ccc(/C=C/c2ccc3c(c2)C(Cc2cc(OCCOCCOC)cc(OCCOCCOC)c2)(Cc2cc(OCCOCCOC)cc(OCCOCCOC)c2)c2cc(/C=C/c4ccc(/C=C/c5ccc6c(c5)C(Cc5cc(OCCOCCOC)cc(OCCOCCOC)c5)(Cc5cc(OCCOCCOC)cc(OCCOCCOC)c5)c5cc(/C=C/c7ccc(C=C)cc7)ccc5-6)cc4)ccc2-3)cc1. The summed E-state index contributed by atoms with van der Waals surface area (Å²) in [4.78, 5) is 0. The molecule has 0 N–H and O–H groups in total. The third-order valence-corrected chi connectivity index (χ3v) is 25.2. The van der Waals surface area contributed by atoms with Gasteiger partial charge in [-0.2, -0.15) is 0 Å². The zero-order valence-corrected chi connectivity index (χ0v) is 87.2. The van der Waals surface area contributed by atoms with Gasteiger partial charge in [-0.1, -0.05) is 220 Å². The number of hydrogen-bond acceptors (Lipinski definition) is 24. The van der Waals surface area contributed by atoms with E-state index in [0.717, 1.165) is 122 Å². The monoisotopic (exact) mass is 2020 g/mol. The van der Waals surface area contributed by atoms with Crippen molar-refractivity contribution in [3.05, 3.63) is 332 Å². The van der Waals surface area contributed by atoms with Crippen molar-refractivity contribution >= 4 is 60.8 Å². The third kappa shape index (κ3) is 35.4. The van der Waals surface area contributed by atoms with Crippen molar-refractivity contribution in [3.8, 4) is 68.2 Å². The fraction of sp³-hybridized carbons (Fsp3) is 0.371. The van der Waals surface area contributed by atoms with E-state index in [0.29, 0.717) is 283 Å². The van der Waals surface area contributed by atoms with Gasteiger partial charge in [-0.05, 0) is 197 Å². The maximum absolute atomic E-state index is 6.63. The summed E-state index contributed by atoms with van der Waals surface area (Å²) in [5, 5.41) is 0. The lowest BCUT2D eigenvalue weighted by atomic mass is 9.69. The Morgan fingerprint density at radius 1 is 0.169 bits per heavy atom. The Morgan fingerprint density at radius 2 is 0.318 bits per heavy atom. The van der Waals surface area contributed by atoms with E-state index in [1.165, 1.54) is 0 Å². The molecule has 0 bridgehead atoms. The quantitative estimate of drug-likeness (QED) is 0.0255. The Hall–Kier alpha value is -12.4. The van der Waals surface area contributed by atoms with Gasteiger partial charge in [0.25, 0.3) is 0 Å². The summed E-state index contributed by atoms with van der Waals surface area (Å²) >= 11 is 0. The lowest BCUT2D eigenvalue weighted by Gasteiger charge is -2.34. The summed E-state index contributed by atoms with van der Waals surface area (Å²) in [7, 11) is 13.3. The molecule has 0 saturated carbocycles. The highest BCUT2D eigenvalue weighted by Gasteiger charge is 2.46. The summed E-state index contributed by atoms with van der Waals surface area (Å²) < 4.78 is 143. The molecule has 2 aliphatic carbocycles. The van der Waals surface area contributed by atoms with Crippen molar-refractivity contribution in [2.75, 3.05) is 268 Å². The van der Waals surface area contributed by atoms with Crippen LogP contribution in [-0.4, -0.2) is 268 Å². The molecule has 24 nitrogen and oxygen atoms in total. The Bertz CT molecular complexity index is 5310. The van der Waals surface area contributed by atoms with Crippen LogP contribution in [0.15, 0.2) is 232 Å². The second-order valence-electron chi connectivity index (χ2n) is 35.7. The fourth-order valence-electron chi connectivity index (χ4n) is 18.0. The molecule has 0 unspecified atom stereocenters. The normalized spacial score (nSPS) is 12.7. The van der Waals surface area contributed by atoms with Gasteiger partial charge in [-0.15, -0.1) is 0 Å². The second-order valence-corrected chi connectivity index (χ2v) is 35.7. The lowest BCUT2D eigenvalue weighted by Crippen LogP contribution is -2.31. The molecule has 0 aliphatic heterocycles. The molecule has 786 valence electrons. The Balaban J connectivity index is 0.904. The zero-order chi connectivity index (χ0) is 103. The van der Waals surface area contributed by atoms with E-state index in [2.05, 4.69) is 256 Å². The number of benzene rings is 11. The average molecular weight is 2020 g/mol. The minimum atomic E-state index is -0.794. The first kappa shape index (κ1) is 113. The maximum atomic E-state index is 6.63. The van der Waals surface area contributed by atoms with Crippen LogP contribution in [0.1, 0.15) is 100 Å². The van der Waals surface area contributed by atoms with Gasteiger partial charge in [0.05, 0.1) is 159 Å². The molecule has 24 heteroatoms. The van der Waals surface area contributed by atoms with Crippen LogP contribution in [-0.2, 0) is 112 Å². The van der Waals surface area contributed by atoms with E-state index in [1.54, 1.807) is 56.9 Å². The topological polar surface area (TPSA) is 222 Å². The molecule has 0 fully saturated rings.